The molecule has 8 aromatic carbocycles. The topological polar surface area (TPSA) is 43.6 Å². The predicted molar refractivity (Wildman–Crippen MR) is 234 cm³/mol. The molecular formula is C51H32N4S. The van der Waals surface area contributed by atoms with Gasteiger partial charge in [0.15, 0.2) is 17.5 Å². The highest BCUT2D eigenvalue weighted by molar-refractivity contribution is 7.26. The van der Waals surface area contributed by atoms with Gasteiger partial charge in [0.2, 0.25) is 0 Å². The van der Waals surface area contributed by atoms with Gasteiger partial charge in [-0.3, -0.25) is 0 Å². The van der Waals surface area contributed by atoms with E-state index in [0.29, 0.717) is 17.5 Å². The summed E-state index contributed by atoms with van der Waals surface area (Å²) in [5.41, 5.74) is 10.9. The minimum Gasteiger partial charge on any atom is -0.309 e. The van der Waals surface area contributed by atoms with E-state index in [9.17, 15) is 0 Å². The summed E-state index contributed by atoms with van der Waals surface area (Å²) in [5.74, 6) is 1.91. The molecule has 0 fully saturated rings. The van der Waals surface area contributed by atoms with Crippen LogP contribution in [0.3, 0.4) is 0 Å². The molecule has 0 radical (unpaired) electrons. The molecule has 0 aliphatic heterocycles. The quantitative estimate of drug-likeness (QED) is 0.171. The fourth-order valence-electron chi connectivity index (χ4n) is 8.03. The number of aromatic nitrogens is 4. The summed E-state index contributed by atoms with van der Waals surface area (Å²) in [4.78, 5) is 15.1. The Labute approximate surface area is 327 Å². The number of benzene rings is 8. The maximum absolute atomic E-state index is 5.08. The first-order valence-electron chi connectivity index (χ1n) is 18.8. The van der Waals surface area contributed by atoms with Crippen LogP contribution in [-0.4, -0.2) is 19.5 Å². The monoisotopic (exact) mass is 732 g/mol. The first-order valence-corrected chi connectivity index (χ1v) is 19.6. The maximum Gasteiger partial charge on any atom is 0.164 e. The van der Waals surface area contributed by atoms with E-state index in [1.807, 2.05) is 72.0 Å². The number of nitrogens with zero attached hydrogens (tertiary/aromatic N) is 4. The van der Waals surface area contributed by atoms with Gasteiger partial charge < -0.3 is 4.57 Å². The molecule has 0 aliphatic rings. The molecule has 4 nitrogen and oxygen atoms in total. The van der Waals surface area contributed by atoms with E-state index in [2.05, 4.69) is 138 Å². The molecule has 3 heterocycles. The molecule has 0 unspecified atom stereocenters. The molecule has 0 atom stereocenters. The van der Waals surface area contributed by atoms with Crippen LogP contribution in [-0.2, 0) is 0 Å². The Morgan fingerprint density at radius 3 is 1.61 bits per heavy atom. The predicted octanol–water partition coefficient (Wildman–Crippen LogP) is 13.7. The van der Waals surface area contributed by atoms with Gasteiger partial charge in [0.25, 0.3) is 0 Å². The molecule has 0 amide bonds. The lowest BCUT2D eigenvalue weighted by molar-refractivity contribution is 1.07. The first-order chi connectivity index (χ1) is 27.8. The van der Waals surface area contributed by atoms with E-state index < -0.39 is 0 Å². The number of hydrogen-bond acceptors (Lipinski definition) is 4. The molecule has 3 aromatic heterocycles. The van der Waals surface area contributed by atoms with Crippen LogP contribution in [0.15, 0.2) is 194 Å². The lowest BCUT2D eigenvalue weighted by Crippen LogP contribution is -2.02. The molecule has 0 saturated heterocycles. The van der Waals surface area contributed by atoms with Gasteiger partial charge in [-0.05, 0) is 53.1 Å². The van der Waals surface area contributed by atoms with Gasteiger partial charge in [0, 0.05) is 53.2 Å². The Morgan fingerprint density at radius 1 is 0.339 bits per heavy atom. The fraction of sp³-hybridized carbons (Fsp3) is 0. The van der Waals surface area contributed by atoms with E-state index in [4.69, 9.17) is 15.0 Å². The number of hydrogen-bond donors (Lipinski definition) is 0. The highest BCUT2D eigenvalue weighted by Gasteiger charge is 2.20. The summed E-state index contributed by atoms with van der Waals surface area (Å²) in [5, 5.41) is 5.04. The van der Waals surface area contributed by atoms with Gasteiger partial charge in [-0.2, -0.15) is 0 Å². The molecule has 0 aliphatic carbocycles. The van der Waals surface area contributed by atoms with Crippen LogP contribution < -0.4 is 0 Å². The second kappa shape index (κ2) is 13.3. The van der Waals surface area contributed by atoms with E-state index in [-0.39, 0.29) is 0 Å². The Bertz CT molecular complexity index is 3180. The van der Waals surface area contributed by atoms with E-state index in [0.717, 1.165) is 44.5 Å². The average Bonchev–Trinajstić information content (AvgIpc) is 3.82. The molecule has 0 N–H and O–H groups in total. The lowest BCUT2D eigenvalue weighted by atomic mass is 9.99. The number of fused-ring (bicyclic) bond motifs is 6. The first kappa shape index (κ1) is 32.2. The molecule has 0 spiro atoms. The summed E-state index contributed by atoms with van der Waals surface area (Å²) < 4.78 is 5.05. The van der Waals surface area contributed by atoms with Crippen molar-refractivity contribution in [1.29, 1.82) is 0 Å². The van der Waals surface area contributed by atoms with Crippen molar-refractivity contribution in [2.24, 2.45) is 0 Å². The highest BCUT2D eigenvalue weighted by Crippen LogP contribution is 2.43. The molecule has 0 saturated carbocycles. The van der Waals surface area contributed by atoms with Crippen LogP contribution in [0.25, 0.3) is 104 Å². The van der Waals surface area contributed by atoms with Gasteiger partial charge in [-0.25, -0.2) is 15.0 Å². The summed E-state index contributed by atoms with van der Waals surface area (Å²) in [6, 6.07) is 68.7. The lowest BCUT2D eigenvalue weighted by Gasteiger charge is -2.16. The van der Waals surface area contributed by atoms with Gasteiger partial charge >= 0.3 is 0 Å². The molecule has 262 valence electrons. The maximum atomic E-state index is 5.08. The smallest absolute Gasteiger partial charge is 0.164 e. The summed E-state index contributed by atoms with van der Waals surface area (Å²) in [6.45, 7) is 0. The van der Waals surface area contributed by atoms with Crippen molar-refractivity contribution in [2.45, 2.75) is 0 Å². The van der Waals surface area contributed by atoms with Crippen molar-refractivity contribution in [3.05, 3.63) is 194 Å². The molecule has 11 rings (SSSR count). The Hall–Kier alpha value is -7.21. The van der Waals surface area contributed by atoms with Crippen LogP contribution in [0.5, 0.6) is 0 Å². The van der Waals surface area contributed by atoms with Crippen LogP contribution in [0.2, 0.25) is 0 Å². The standard InChI is InChI=1S/C51H32N4S/c1-4-15-33(16-5-1)43-31-37(51-53-49(34-17-6-2-7-18-34)52-50(54-51)35-19-8-3-9-20-35)28-30-45(43)55-44-25-12-10-21-39(44)40-29-27-36(32-46(40)55)38-23-14-24-42-41-22-11-13-26-47(41)56-48(38)42/h1-32H. The minimum absolute atomic E-state index is 0.627. The third-order valence-corrected chi connectivity index (χ3v) is 11.9. The van der Waals surface area contributed by atoms with Crippen LogP contribution in [0.1, 0.15) is 0 Å². The van der Waals surface area contributed by atoms with Crippen molar-refractivity contribution in [3.63, 3.8) is 0 Å². The van der Waals surface area contributed by atoms with Gasteiger partial charge in [0.05, 0.1) is 16.7 Å². The summed E-state index contributed by atoms with van der Waals surface area (Å²) in [6.07, 6.45) is 0. The van der Waals surface area contributed by atoms with Crippen LogP contribution in [0.4, 0.5) is 0 Å². The van der Waals surface area contributed by atoms with Gasteiger partial charge in [-0.15, -0.1) is 11.3 Å². The van der Waals surface area contributed by atoms with Crippen molar-refractivity contribution >= 4 is 53.3 Å². The highest BCUT2D eigenvalue weighted by atomic mass is 32.1. The van der Waals surface area contributed by atoms with E-state index >= 15 is 0 Å². The van der Waals surface area contributed by atoms with Gasteiger partial charge in [0.1, 0.15) is 0 Å². The van der Waals surface area contributed by atoms with E-state index in [1.54, 1.807) is 0 Å². The number of para-hydroxylation sites is 1. The fourth-order valence-corrected chi connectivity index (χ4v) is 9.27. The van der Waals surface area contributed by atoms with Crippen LogP contribution >= 0.6 is 11.3 Å². The molecule has 56 heavy (non-hydrogen) atoms. The number of rotatable bonds is 6. The van der Waals surface area contributed by atoms with Crippen molar-refractivity contribution in [2.75, 3.05) is 0 Å². The van der Waals surface area contributed by atoms with Gasteiger partial charge in [-0.1, -0.05) is 158 Å². The second-order valence-corrected chi connectivity index (χ2v) is 15.1. The number of thiophene rings is 1. The normalized spacial score (nSPS) is 11.6. The van der Waals surface area contributed by atoms with Crippen LogP contribution in [0, 0.1) is 0 Å². The zero-order valence-electron chi connectivity index (χ0n) is 30.2. The Morgan fingerprint density at radius 2 is 0.893 bits per heavy atom. The SMILES string of the molecule is c1ccc(-c2nc(-c3ccccc3)nc(-c3ccc(-n4c5ccccc5c5ccc(-c6cccc7c6sc6ccccc67)cc54)c(-c4ccccc4)c3)n2)cc1. The summed E-state index contributed by atoms with van der Waals surface area (Å²) in [7, 11) is 0. The third kappa shape index (κ3) is 5.40. The minimum atomic E-state index is 0.627. The Kier molecular flexibility index (Phi) is 7.64. The molecule has 0 bridgehead atoms. The zero-order chi connectivity index (χ0) is 37.0. The zero-order valence-corrected chi connectivity index (χ0v) is 31.0. The molecular weight excluding hydrogens is 701 g/mol. The Balaban J connectivity index is 1.14. The van der Waals surface area contributed by atoms with Crippen molar-refractivity contribution < 1.29 is 0 Å². The van der Waals surface area contributed by atoms with Crippen molar-refractivity contribution in [1.82, 2.24) is 19.5 Å². The second-order valence-electron chi connectivity index (χ2n) is 14.0. The van der Waals surface area contributed by atoms with E-state index in [1.165, 1.54) is 42.1 Å². The largest absolute Gasteiger partial charge is 0.309 e. The molecule has 5 heteroatoms. The summed E-state index contributed by atoms with van der Waals surface area (Å²) >= 11 is 1.87. The average molecular weight is 733 g/mol. The third-order valence-electron chi connectivity index (χ3n) is 10.7. The van der Waals surface area contributed by atoms with Crippen molar-refractivity contribution in [3.8, 4) is 62.1 Å². The molecule has 11 aromatic rings.